The van der Waals surface area contributed by atoms with E-state index in [0.29, 0.717) is 25.3 Å². The zero-order valence-electron chi connectivity index (χ0n) is 16.5. The van der Waals surface area contributed by atoms with Crippen LogP contribution in [0, 0.1) is 5.92 Å². The lowest BCUT2D eigenvalue weighted by Crippen LogP contribution is -2.38. The Labute approximate surface area is 182 Å². The van der Waals surface area contributed by atoms with Crippen molar-refractivity contribution in [1.82, 2.24) is 5.32 Å². The molecule has 0 bridgehead atoms. The maximum Gasteiger partial charge on any atom is 0.416 e. The summed E-state index contributed by atoms with van der Waals surface area (Å²) in [6, 6.07) is 9.11. The molecule has 166 valence electrons. The minimum Gasteiger partial charge on any atom is -0.478 e. The van der Waals surface area contributed by atoms with Crippen LogP contribution in [0.4, 0.5) is 18.9 Å². The molecule has 3 rings (SSSR count). The van der Waals surface area contributed by atoms with Gasteiger partial charge in [0.05, 0.1) is 21.7 Å². The lowest BCUT2D eigenvalue weighted by atomic mass is 9.86. The topological polar surface area (TPSA) is 78.4 Å². The monoisotopic (exact) mass is 454 g/mol. The fourth-order valence-corrected chi connectivity index (χ4v) is 3.85. The standard InChI is InChI=1S/C22H22ClF3N2O3/c23-19-10-5-15(22(24,25)26)11-18(19)20(29)28-17-6-1-13(2-7-17)12-27-16-8-3-14(4-9-16)21(30)31/h3-5,8-11,13,17,27H,1-2,6-7,12H2,(H,28,29)(H,30,31)/t13-,17+. The first kappa shape index (κ1) is 22.9. The first-order chi connectivity index (χ1) is 14.6. The molecule has 1 aliphatic rings. The third-order valence-corrected chi connectivity index (χ3v) is 5.78. The van der Waals surface area contributed by atoms with E-state index in [1.54, 1.807) is 12.1 Å². The van der Waals surface area contributed by atoms with Crippen LogP contribution in [0.5, 0.6) is 0 Å². The molecule has 0 unspecified atom stereocenters. The zero-order chi connectivity index (χ0) is 22.6. The van der Waals surface area contributed by atoms with Gasteiger partial charge in [0.25, 0.3) is 5.91 Å². The molecule has 2 aromatic rings. The molecule has 0 heterocycles. The summed E-state index contributed by atoms with van der Waals surface area (Å²) in [5.74, 6) is -1.20. The van der Waals surface area contributed by atoms with E-state index in [2.05, 4.69) is 10.6 Å². The molecular formula is C22H22ClF3N2O3. The summed E-state index contributed by atoms with van der Waals surface area (Å²) in [7, 11) is 0. The molecule has 5 nitrogen and oxygen atoms in total. The number of halogens is 4. The Morgan fingerprint density at radius 2 is 1.68 bits per heavy atom. The SMILES string of the molecule is O=C(O)c1ccc(NC[C@H]2CC[C@@H](NC(=O)c3cc(C(F)(F)F)ccc3Cl)CC2)cc1. The van der Waals surface area contributed by atoms with Crippen molar-refractivity contribution in [2.75, 3.05) is 11.9 Å². The normalized spacial score (nSPS) is 19.0. The molecule has 1 fully saturated rings. The van der Waals surface area contributed by atoms with Gasteiger partial charge in [0.2, 0.25) is 0 Å². The van der Waals surface area contributed by atoms with E-state index in [0.717, 1.165) is 36.7 Å². The second-order valence-corrected chi connectivity index (χ2v) is 8.05. The molecule has 9 heteroatoms. The van der Waals surface area contributed by atoms with Gasteiger partial charge in [-0.05, 0) is 74.1 Å². The van der Waals surface area contributed by atoms with Gasteiger partial charge in [-0.25, -0.2) is 4.79 Å². The number of anilines is 1. The molecule has 0 spiro atoms. The number of nitrogens with one attached hydrogen (secondary N) is 2. The molecule has 0 atom stereocenters. The molecule has 1 saturated carbocycles. The maximum atomic E-state index is 12.9. The van der Waals surface area contributed by atoms with Gasteiger partial charge in [0.1, 0.15) is 0 Å². The first-order valence-corrected chi connectivity index (χ1v) is 10.3. The maximum absolute atomic E-state index is 12.9. The van der Waals surface area contributed by atoms with E-state index < -0.39 is 23.6 Å². The van der Waals surface area contributed by atoms with E-state index >= 15 is 0 Å². The van der Waals surface area contributed by atoms with E-state index in [9.17, 15) is 22.8 Å². The van der Waals surface area contributed by atoms with E-state index in [4.69, 9.17) is 16.7 Å². The number of alkyl halides is 3. The second kappa shape index (κ2) is 9.60. The number of carboxylic acid groups (broad SMARTS) is 1. The summed E-state index contributed by atoms with van der Waals surface area (Å²) in [6.45, 7) is 0.715. The second-order valence-electron chi connectivity index (χ2n) is 7.65. The first-order valence-electron chi connectivity index (χ1n) is 9.88. The number of benzene rings is 2. The van der Waals surface area contributed by atoms with Crippen molar-refractivity contribution >= 4 is 29.2 Å². The molecule has 0 aromatic heterocycles. The van der Waals surface area contributed by atoms with Crippen molar-refractivity contribution < 1.29 is 27.9 Å². The highest BCUT2D eigenvalue weighted by Gasteiger charge is 2.32. The zero-order valence-corrected chi connectivity index (χ0v) is 17.3. The summed E-state index contributed by atoms with van der Waals surface area (Å²) >= 11 is 5.94. The quantitative estimate of drug-likeness (QED) is 0.541. The fraction of sp³-hybridized carbons (Fsp3) is 0.364. The average Bonchev–Trinajstić information content (AvgIpc) is 2.73. The Balaban J connectivity index is 1.49. The number of rotatable bonds is 6. The molecule has 2 aromatic carbocycles. The van der Waals surface area contributed by atoms with Crippen LogP contribution in [-0.4, -0.2) is 29.6 Å². The van der Waals surface area contributed by atoms with Gasteiger partial charge in [-0.1, -0.05) is 11.6 Å². The number of carbonyl (C=O) groups excluding carboxylic acids is 1. The van der Waals surface area contributed by atoms with Gasteiger partial charge < -0.3 is 15.7 Å². The fourth-order valence-electron chi connectivity index (χ4n) is 3.64. The lowest BCUT2D eigenvalue weighted by Gasteiger charge is -2.29. The van der Waals surface area contributed by atoms with Crippen LogP contribution in [0.3, 0.4) is 0 Å². The Kier molecular flexibility index (Phi) is 7.10. The van der Waals surface area contributed by atoms with Gasteiger partial charge in [0.15, 0.2) is 0 Å². The number of hydrogen-bond acceptors (Lipinski definition) is 3. The predicted octanol–water partition coefficient (Wildman–Crippen LogP) is 5.46. The molecular weight excluding hydrogens is 433 g/mol. The molecule has 3 N–H and O–H groups in total. The van der Waals surface area contributed by atoms with E-state index in [1.165, 1.54) is 12.1 Å². The van der Waals surface area contributed by atoms with Gasteiger partial charge in [-0.3, -0.25) is 4.79 Å². The van der Waals surface area contributed by atoms with Crippen molar-refractivity contribution in [1.29, 1.82) is 0 Å². The highest BCUT2D eigenvalue weighted by Crippen LogP contribution is 2.32. The average molecular weight is 455 g/mol. The van der Waals surface area contributed by atoms with Crippen molar-refractivity contribution in [3.05, 3.63) is 64.2 Å². The number of aromatic carboxylic acids is 1. The third-order valence-electron chi connectivity index (χ3n) is 5.45. The van der Waals surface area contributed by atoms with Crippen molar-refractivity contribution in [3.8, 4) is 0 Å². The smallest absolute Gasteiger partial charge is 0.416 e. The van der Waals surface area contributed by atoms with Crippen molar-refractivity contribution in [2.24, 2.45) is 5.92 Å². The van der Waals surface area contributed by atoms with Gasteiger partial charge in [0, 0.05) is 18.3 Å². The summed E-state index contributed by atoms with van der Waals surface area (Å²) in [5, 5.41) is 15.0. The van der Waals surface area contributed by atoms with Crippen LogP contribution in [0.2, 0.25) is 5.02 Å². The van der Waals surface area contributed by atoms with Gasteiger partial charge in [-0.2, -0.15) is 13.2 Å². The van der Waals surface area contributed by atoms with E-state index in [1.807, 2.05) is 0 Å². The molecule has 1 amide bonds. The van der Waals surface area contributed by atoms with Crippen LogP contribution in [-0.2, 0) is 6.18 Å². The number of carbonyl (C=O) groups is 2. The van der Waals surface area contributed by atoms with Crippen LogP contribution in [0.15, 0.2) is 42.5 Å². The molecule has 31 heavy (non-hydrogen) atoms. The highest BCUT2D eigenvalue weighted by atomic mass is 35.5. The molecule has 0 saturated heterocycles. The lowest BCUT2D eigenvalue weighted by molar-refractivity contribution is -0.137. The van der Waals surface area contributed by atoms with Crippen molar-refractivity contribution in [3.63, 3.8) is 0 Å². The number of amides is 1. The molecule has 0 radical (unpaired) electrons. The van der Waals surface area contributed by atoms with Crippen LogP contribution in [0.25, 0.3) is 0 Å². The number of hydrogen-bond donors (Lipinski definition) is 3. The van der Waals surface area contributed by atoms with Crippen LogP contribution >= 0.6 is 11.6 Å². The van der Waals surface area contributed by atoms with Crippen LogP contribution < -0.4 is 10.6 Å². The third kappa shape index (κ3) is 6.13. The summed E-state index contributed by atoms with van der Waals surface area (Å²) in [5.41, 5.74) is -0.0272. The largest absolute Gasteiger partial charge is 0.478 e. The Morgan fingerprint density at radius 1 is 1.03 bits per heavy atom. The molecule has 0 aliphatic heterocycles. The minimum atomic E-state index is -4.54. The van der Waals surface area contributed by atoms with E-state index in [-0.39, 0.29) is 22.2 Å². The number of carboxylic acids is 1. The van der Waals surface area contributed by atoms with Crippen LogP contribution in [0.1, 0.15) is 52.0 Å². The predicted molar refractivity (Wildman–Crippen MR) is 112 cm³/mol. The summed E-state index contributed by atoms with van der Waals surface area (Å²) in [4.78, 5) is 23.4. The Hall–Kier alpha value is -2.74. The van der Waals surface area contributed by atoms with Crippen molar-refractivity contribution in [2.45, 2.75) is 37.9 Å². The van der Waals surface area contributed by atoms with Gasteiger partial charge >= 0.3 is 12.1 Å². The summed E-state index contributed by atoms with van der Waals surface area (Å²) < 4.78 is 38.7. The summed E-state index contributed by atoms with van der Waals surface area (Å²) in [6.07, 6.45) is -1.42. The Morgan fingerprint density at radius 3 is 2.26 bits per heavy atom. The minimum absolute atomic E-state index is 0.0164. The molecule has 1 aliphatic carbocycles. The highest BCUT2D eigenvalue weighted by molar-refractivity contribution is 6.33. The van der Waals surface area contributed by atoms with Gasteiger partial charge in [-0.15, -0.1) is 0 Å². The Bertz CT molecular complexity index is 940.